The first-order valence-corrected chi connectivity index (χ1v) is 4.37. The van der Waals surface area contributed by atoms with Crippen molar-refractivity contribution in [1.82, 2.24) is 4.98 Å². The summed E-state index contributed by atoms with van der Waals surface area (Å²) >= 11 is 3.11. The van der Waals surface area contributed by atoms with E-state index in [2.05, 4.69) is 20.9 Å². The molecule has 1 aromatic rings. The molecule has 1 rings (SSSR count). The normalized spacial score (nSPS) is 9.64. The van der Waals surface area contributed by atoms with Crippen LogP contribution in [0.15, 0.2) is 18.5 Å². The van der Waals surface area contributed by atoms with Crippen molar-refractivity contribution in [1.29, 1.82) is 0 Å². The van der Waals surface area contributed by atoms with Crippen molar-refractivity contribution in [3.8, 4) is 0 Å². The number of carbonyl (C=O) groups is 1. The minimum atomic E-state index is 0.0793. The van der Waals surface area contributed by atoms with E-state index in [9.17, 15) is 4.79 Å². The zero-order valence-corrected chi connectivity index (χ0v) is 7.76. The van der Waals surface area contributed by atoms with Crippen LogP contribution in [0.5, 0.6) is 0 Å². The molecule has 58 valence electrons. The first-order valence-electron chi connectivity index (χ1n) is 3.25. The highest BCUT2D eigenvalue weighted by atomic mass is 79.9. The van der Waals surface area contributed by atoms with Gasteiger partial charge in [0.2, 0.25) is 0 Å². The van der Waals surface area contributed by atoms with Crippen LogP contribution < -0.4 is 0 Å². The molecular weight excluding hydrogens is 206 g/mol. The molecule has 0 atom stereocenters. The Hall–Kier alpha value is -0.700. The van der Waals surface area contributed by atoms with Gasteiger partial charge in [-0.15, -0.1) is 0 Å². The molecule has 0 aromatic carbocycles. The van der Waals surface area contributed by atoms with Gasteiger partial charge in [-0.25, -0.2) is 0 Å². The molecule has 0 aliphatic heterocycles. The average Bonchev–Trinajstić information content (AvgIpc) is 2.04. The Morgan fingerprint density at radius 3 is 3.00 bits per heavy atom. The number of Topliss-reactive ketones (excluding diaryl/α,β-unsaturated/α-hetero) is 1. The highest BCUT2D eigenvalue weighted by Gasteiger charge is 2.05. The lowest BCUT2D eigenvalue weighted by Gasteiger charge is -1.99. The summed E-state index contributed by atoms with van der Waals surface area (Å²) in [7, 11) is 0. The van der Waals surface area contributed by atoms with Crippen LogP contribution in [0, 0.1) is 6.92 Å². The molecular formula is C8H8BrNO. The largest absolute Gasteiger partial charge is 0.293 e. The number of pyridine rings is 1. The Kier molecular flexibility index (Phi) is 2.76. The van der Waals surface area contributed by atoms with Gasteiger partial charge in [-0.3, -0.25) is 9.78 Å². The number of hydrogen-bond acceptors (Lipinski definition) is 2. The number of rotatable bonds is 2. The molecule has 2 nitrogen and oxygen atoms in total. The number of alkyl halides is 1. The summed E-state index contributed by atoms with van der Waals surface area (Å²) in [6, 6.07) is 1.83. The number of hydrogen-bond donors (Lipinski definition) is 0. The number of aryl methyl sites for hydroxylation is 1. The third-order valence-corrected chi connectivity index (χ3v) is 1.97. The average molecular weight is 214 g/mol. The van der Waals surface area contributed by atoms with Gasteiger partial charge in [0.25, 0.3) is 0 Å². The van der Waals surface area contributed by atoms with Crippen molar-refractivity contribution >= 4 is 21.7 Å². The maximum absolute atomic E-state index is 11.1. The minimum absolute atomic E-state index is 0.0793. The molecule has 1 aromatic heterocycles. The summed E-state index contributed by atoms with van der Waals surface area (Å²) in [4.78, 5) is 15.0. The van der Waals surface area contributed by atoms with Crippen LogP contribution in [-0.2, 0) is 0 Å². The van der Waals surface area contributed by atoms with Gasteiger partial charge in [-0.1, -0.05) is 15.9 Å². The number of aromatic nitrogens is 1. The fourth-order valence-electron chi connectivity index (χ4n) is 0.828. The van der Waals surface area contributed by atoms with Crippen molar-refractivity contribution in [2.75, 3.05) is 5.33 Å². The van der Waals surface area contributed by atoms with Crippen LogP contribution in [0.2, 0.25) is 0 Å². The van der Waals surface area contributed by atoms with Crippen LogP contribution in [0.1, 0.15) is 15.9 Å². The summed E-state index contributed by atoms with van der Waals surface area (Å²) in [5, 5.41) is 0.361. The fourth-order valence-corrected chi connectivity index (χ4v) is 1.13. The Balaban J connectivity index is 3.03. The van der Waals surface area contributed by atoms with E-state index in [0.29, 0.717) is 10.9 Å². The number of ketones is 1. The van der Waals surface area contributed by atoms with Gasteiger partial charge in [0, 0.05) is 18.0 Å². The van der Waals surface area contributed by atoms with Gasteiger partial charge in [0.15, 0.2) is 5.78 Å². The molecule has 0 saturated heterocycles. The van der Waals surface area contributed by atoms with Crippen molar-refractivity contribution in [3.63, 3.8) is 0 Å². The Morgan fingerprint density at radius 2 is 2.45 bits per heavy atom. The maximum Gasteiger partial charge on any atom is 0.175 e. The van der Waals surface area contributed by atoms with E-state index < -0.39 is 0 Å². The number of nitrogens with zero attached hydrogens (tertiary/aromatic N) is 1. The van der Waals surface area contributed by atoms with Gasteiger partial charge in [0.1, 0.15) is 0 Å². The molecule has 1 heterocycles. The van der Waals surface area contributed by atoms with E-state index >= 15 is 0 Å². The summed E-state index contributed by atoms with van der Waals surface area (Å²) < 4.78 is 0. The number of halogens is 1. The third kappa shape index (κ3) is 1.87. The zero-order valence-electron chi connectivity index (χ0n) is 6.17. The predicted octanol–water partition coefficient (Wildman–Crippen LogP) is 1.97. The first-order chi connectivity index (χ1) is 5.25. The molecule has 3 heteroatoms. The lowest BCUT2D eigenvalue weighted by molar-refractivity contribution is 0.102. The fraction of sp³-hybridized carbons (Fsp3) is 0.250. The van der Waals surface area contributed by atoms with E-state index in [0.717, 1.165) is 5.56 Å². The van der Waals surface area contributed by atoms with Gasteiger partial charge in [-0.2, -0.15) is 0 Å². The standard InChI is InChI=1S/C8H8BrNO/c1-6-2-3-10-5-7(6)8(11)4-9/h2-3,5H,4H2,1H3. The van der Waals surface area contributed by atoms with Gasteiger partial charge < -0.3 is 0 Å². The quantitative estimate of drug-likeness (QED) is 0.556. The molecule has 0 N–H and O–H groups in total. The smallest absolute Gasteiger partial charge is 0.175 e. The molecule has 0 aliphatic rings. The highest BCUT2D eigenvalue weighted by Crippen LogP contribution is 2.06. The molecule has 0 radical (unpaired) electrons. The third-order valence-electron chi connectivity index (χ3n) is 1.46. The van der Waals surface area contributed by atoms with Crippen molar-refractivity contribution in [2.24, 2.45) is 0 Å². The molecule has 0 bridgehead atoms. The lowest BCUT2D eigenvalue weighted by Crippen LogP contribution is -2.02. The van der Waals surface area contributed by atoms with Crippen LogP contribution in [-0.4, -0.2) is 16.1 Å². The zero-order chi connectivity index (χ0) is 8.27. The molecule has 0 fully saturated rings. The molecule has 0 amide bonds. The second-order valence-corrected chi connectivity index (χ2v) is 2.81. The Labute approximate surface area is 73.8 Å². The summed E-state index contributed by atoms with van der Waals surface area (Å²) in [5.41, 5.74) is 1.67. The lowest BCUT2D eigenvalue weighted by atomic mass is 10.1. The van der Waals surface area contributed by atoms with E-state index in [4.69, 9.17) is 0 Å². The number of carbonyl (C=O) groups excluding carboxylic acids is 1. The van der Waals surface area contributed by atoms with Crippen LogP contribution in [0.25, 0.3) is 0 Å². The SMILES string of the molecule is Cc1ccncc1C(=O)CBr. The van der Waals surface area contributed by atoms with E-state index in [1.165, 1.54) is 0 Å². The highest BCUT2D eigenvalue weighted by molar-refractivity contribution is 9.09. The Morgan fingerprint density at radius 1 is 1.73 bits per heavy atom. The second kappa shape index (κ2) is 3.62. The summed E-state index contributed by atoms with van der Waals surface area (Å²) in [6.45, 7) is 1.90. The van der Waals surface area contributed by atoms with Crippen LogP contribution >= 0.6 is 15.9 Å². The first kappa shape index (κ1) is 8.40. The molecule has 0 aliphatic carbocycles. The molecule has 0 saturated carbocycles. The Bertz CT molecular complexity index is 273. The summed E-state index contributed by atoms with van der Waals surface area (Å²) in [6.07, 6.45) is 3.28. The minimum Gasteiger partial charge on any atom is -0.293 e. The monoisotopic (exact) mass is 213 g/mol. The van der Waals surface area contributed by atoms with Gasteiger partial charge in [0.05, 0.1) is 5.33 Å². The van der Waals surface area contributed by atoms with E-state index in [1.807, 2.05) is 13.0 Å². The van der Waals surface area contributed by atoms with Gasteiger partial charge in [-0.05, 0) is 18.6 Å². The molecule has 0 unspecified atom stereocenters. The molecule has 11 heavy (non-hydrogen) atoms. The predicted molar refractivity (Wildman–Crippen MR) is 47.1 cm³/mol. The maximum atomic E-state index is 11.1. The van der Waals surface area contributed by atoms with E-state index in [-0.39, 0.29) is 5.78 Å². The van der Waals surface area contributed by atoms with Crippen LogP contribution in [0.4, 0.5) is 0 Å². The second-order valence-electron chi connectivity index (χ2n) is 2.25. The van der Waals surface area contributed by atoms with Crippen molar-refractivity contribution in [2.45, 2.75) is 6.92 Å². The topological polar surface area (TPSA) is 30.0 Å². The van der Waals surface area contributed by atoms with Crippen LogP contribution in [0.3, 0.4) is 0 Å². The molecule has 0 spiro atoms. The van der Waals surface area contributed by atoms with Crippen molar-refractivity contribution < 1.29 is 4.79 Å². The van der Waals surface area contributed by atoms with E-state index in [1.54, 1.807) is 12.4 Å². The van der Waals surface area contributed by atoms with Gasteiger partial charge >= 0.3 is 0 Å². The summed E-state index contributed by atoms with van der Waals surface area (Å²) in [5.74, 6) is 0.0793. The van der Waals surface area contributed by atoms with Crippen molar-refractivity contribution in [3.05, 3.63) is 29.6 Å².